The van der Waals surface area contributed by atoms with Crippen LogP contribution < -0.4 is 15.4 Å². The Labute approximate surface area is 473 Å². The number of H-pyrrole nitrogens is 2. The monoisotopic (exact) mass is 1090 g/mol. The average Bonchev–Trinajstić information content (AvgIpc) is 4.20. The molecule has 15 nitrogen and oxygen atoms in total. The molecule has 3 aromatic heterocycles. The van der Waals surface area contributed by atoms with Gasteiger partial charge in [-0.25, -0.2) is 0 Å². The number of aromatic nitrogens is 4. The van der Waals surface area contributed by atoms with Crippen LogP contribution in [0.1, 0.15) is 72.7 Å². The summed E-state index contributed by atoms with van der Waals surface area (Å²) in [5.41, 5.74) is 18.3. The summed E-state index contributed by atoms with van der Waals surface area (Å²) in [6.45, 7) is 23.5. The molecular formula is C65H86N6O9. The molecule has 0 atom stereocenters. The minimum atomic E-state index is -0.322. The maximum absolute atomic E-state index is 6.31. The zero-order valence-corrected chi connectivity index (χ0v) is 48.9. The highest BCUT2D eigenvalue weighted by molar-refractivity contribution is 5.93. The third kappa shape index (κ3) is 16.7. The Balaban J connectivity index is 1.19. The summed E-state index contributed by atoms with van der Waals surface area (Å²) in [6.07, 6.45) is 1.42. The Bertz CT molecular complexity index is 3030. The van der Waals surface area contributed by atoms with Gasteiger partial charge in [0, 0.05) is 109 Å². The molecule has 2 aliphatic rings. The largest absolute Gasteiger partial charge is 0.493 e. The summed E-state index contributed by atoms with van der Waals surface area (Å²) in [5, 5.41) is 7.34. The molecule has 5 heterocycles. The predicted octanol–water partition coefficient (Wildman–Crippen LogP) is 10.6. The molecule has 15 heteroatoms. The van der Waals surface area contributed by atoms with Crippen molar-refractivity contribution in [2.45, 2.75) is 78.3 Å². The number of methoxy groups -OCH3 is 3. The van der Waals surface area contributed by atoms with Crippen molar-refractivity contribution in [3.05, 3.63) is 136 Å². The lowest BCUT2D eigenvalue weighted by Gasteiger charge is -2.17. The molecule has 0 aliphatic carbocycles. The molecule has 0 fully saturated rings. The number of rotatable bonds is 32. The van der Waals surface area contributed by atoms with E-state index in [4.69, 9.17) is 52.6 Å². The zero-order chi connectivity index (χ0) is 56.3. The molecule has 2 aliphatic heterocycles. The number of nitrogens with one attached hydrogen (secondary N) is 4. The molecule has 6 aromatic rings. The van der Waals surface area contributed by atoms with Gasteiger partial charge in [-0.15, -0.1) is 0 Å². The Hall–Kier alpha value is -5.82. The Morgan fingerprint density at radius 3 is 1.29 bits per heavy atom. The number of ether oxygens (including phenoxy) is 9. The normalized spacial score (nSPS) is 13.8. The molecule has 0 amide bonds. The van der Waals surface area contributed by atoms with Crippen molar-refractivity contribution in [2.24, 2.45) is 0 Å². The van der Waals surface area contributed by atoms with Crippen LogP contribution in [0.2, 0.25) is 0 Å². The SMILES string of the molecule is COCCOCCOCCOCCNCc1cc(CNCCOCCOCCOCCOC)cc(-c2c3nc(cc4[nH]c(cc4-c4ccc(C)cc4)c(OC)c4nc(cc5[nH]c2cc5-c2ccc(C)cc2)C(C)(C)C4)C(C)(C)C3)c1. The van der Waals surface area contributed by atoms with Crippen LogP contribution in [0.5, 0.6) is 5.75 Å². The fourth-order valence-electron chi connectivity index (χ4n) is 10.2. The van der Waals surface area contributed by atoms with Crippen LogP contribution in [-0.2, 0) is 74.7 Å². The standard InChI is InChI=1S/C65H86N6O9/c1-45-10-14-49(15-11-45)52-37-56-62(51-35-47(43-66-18-20-75-26-28-79-32-30-77-24-22-72-7)34-48(36-51)44-67-19-21-76-27-29-80-33-31-78-25-23-73-8)58-41-64(3,4)60(70-58)40-55-53(50-16-12-46(2)13-17-50)38-57(69-55)63(74-9)59-42-65(5,6)61(71-59)39-54(52)68-56/h10-17,34-40,66-69H,18-33,41-44H2,1-9H3. The lowest BCUT2D eigenvalue weighted by molar-refractivity contribution is 0.00408. The van der Waals surface area contributed by atoms with E-state index in [9.17, 15) is 0 Å². The van der Waals surface area contributed by atoms with Gasteiger partial charge in [-0.2, -0.15) is 0 Å². The fourth-order valence-corrected chi connectivity index (χ4v) is 10.2. The highest BCUT2D eigenvalue weighted by Gasteiger charge is 2.33. The summed E-state index contributed by atoms with van der Waals surface area (Å²) in [4.78, 5) is 19.0. The van der Waals surface area contributed by atoms with Crippen LogP contribution in [0.4, 0.5) is 0 Å². The van der Waals surface area contributed by atoms with Crippen LogP contribution in [-0.4, -0.2) is 147 Å². The summed E-state index contributed by atoms with van der Waals surface area (Å²) in [6, 6.07) is 33.5. The van der Waals surface area contributed by atoms with E-state index < -0.39 is 0 Å². The lowest BCUT2D eigenvalue weighted by atomic mass is 9.85. The topological polar surface area (TPSA) is 164 Å². The summed E-state index contributed by atoms with van der Waals surface area (Å²) in [7, 11) is 5.08. The molecule has 4 N–H and O–H groups in total. The number of aromatic amines is 2. The van der Waals surface area contributed by atoms with E-state index in [0.717, 1.165) is 95.1 Å². The van der Waals surface area contributed by atoms with Crippen molar-refractivity contribution in [3.8, 4) is 39.1 Å². The van der Waals surface area contributed by atoms with Crippen LogP contribution in [0.15, 0.2) is 91.0 Å². The smallest absolute Gasteiger partial charge is 0.163 e. The van der Waals surface area contributed by atoms with E-state index in [-0.39, 0.29) is 10.8 Å². The van der Waals surface area contributed by atoms with Crippen LogP contribution in [0.25, 0.3) is 55.4 Å². The molecular weight excluding hydrogens is 1010 g/mol. The van der Waals surface area contributed by atoms with E-state index in [0.29, 0.717) is 132 Å². The van der Waals surface area contributed by atoms with Crippen molar-refractivity contribution in [2.75, 3.05) is 127 Å². The van der Waals surface area contributed by atoms with Gasteiger partial charge >= 0.3 is 0 Å². The Morgan fingerprint density at radius 2 is 0.838 bits per heavy atom. The maximum Gasteiger partial charge on any atom is 0.163 e. The van der Waals surface area contributed by atoms with E-state index >= 15 is 0 Å². The van der Waals surface area contributed by atoms with E-state index in [1.807, 2.05) is 0 Å². The van der Waals surface area contributed by atoms with E-state index in [2.05, 4.69) is 153 Å². The first-order chi connectivity index (χ1) is 38.8. The number of nitrogens with zero attached hydrogens (tertiary/aromatic N) is 2. The molecule has 430 valence electrons. The van der Waals surface area contributed by atoms with Crippen molar-refractivity contribution < 1.29 is 42.6 Å². The average molecular weight is 1100 g/mol. The van der Waals surface area contributed by atoms with Crippen LogP contribution in [0, 0.1) is 13.8 Å². The molecule has 0 saturated heterocycles. The summed E-state index contributed by atoms with van der Waals surface area (Å²) in [5.74, 6) is 0.741. The third-order valence-corrected chi connectivity index (χ3v) is 14.6. The molecule has 0 unspecified atom stereocenters. The summed E-state index contributed by atoms with van der Waals surface area (Å²) < 4.78 is 50.7. The zero-order valence-electron chi connectivity index (χ0n) is 48.9. The van der Waals surface area contributed by atoms with Crippen LogP contribution >= 0.6 is 0 Å². The Kier molecular flexibility index (Phi) is 22.4. The predicted molar refractivity (Wildman–Crippen MR) is 319 cm³/mol. The van der Waals surface area contributed by atoms with Crippen molar-refractivity contribution in [1.82, 2.24) is 30.6 Å². The molecule has 0 spiro atoms. The van der Waals surface area contributed by atoms with Gasteiger partial charge in [-0.05, 0) is 78.1 Å². The quantitative estimate of drug-likeness (QED) is 0.0295. The first-order valence-electron chi connectivity index (χ1n) is 28.3. The van der Waals surface area contributed by atoms with Gasteiger partial charge in [0.1, 0.15) is 0 Å². The van der Waals surface area contributed by atoms with Gasteiger partial charge in [0.25, 0.3) is 0 Å². The van der Waals surface area contributed by atoms with Crippen molar-refractivity contribution in [3.63, 3.8) is 0 Å². The molecule has 0 radical (unpaired) electrons. The number of fused-ring (bicyclic) bond motifs is 8. The van der Waals surface area contributed by atoms with Crippen molar-refractivity contribution in [1.29, 1.82) is 0 Å². The highest BCUT2D eigenvalue weighted by Crippen LogP contribution is 2.42. The second-order valence-corrected chi connectivity index (χ2v) is 22.0. The van der Waals surface area contributed by atoms with Gasteiger partial charge in [0.15, 0.2) is 5.75 Å². The van der Waals surface area contributed by atoms with E-state index in [1.165, 1.54) is 11.1 Å². The van der Waals surface area contributed by atoms with Gasteiger partial charge in [-0.3, -0.25) is 9.97 Å². The number of hydrogen-bond donors (Lipinski definition) is 4. The third-order valence-electron chi connectivity index (χ3n) is 14.6. The molecule has 8 rings (SSSR count). The first kappa shape index (κ1) is 60.3. The highest BCUT2D eigenvalue weighted by atomic mass is 16.6. The first-order valence-corrected chi connectivity index (χ1v) is 28.3. The second kappa shape index (κ2) is 29.8. The maximum atomic E-state index is 6.31. The van der Waals surface area contributed by atoms with Gasteiger partial charge in [-0.1, -0.05) is 93.4 Å². The van der Waals surface area contributed by atoms with Gasteiger partial charge in [0.05, 0.1) is 117 Å². The summed E-state index contributed by atoms with van der Waals surface area (Å²) >= 11 is 0. The molecule has 8 bridgehead atoms. The molecule has 0 saturated carbocycles. The number of hydrogen-bond acceptors (Lipinski definition) is 13. The molecule has 3 aromatic carbocycles. The van der Waals surface area contributed by atoms with Gasteiger partial charge < -0.3 is 63.2 Å². The minimum Gasteiger partial charge on any atom is -0.493 e. The van der Waals surface area contributed by atoms with Crippen molar-refractivity contribution >= 4 is 22.1 Å². The van der Waals surface area contributed by atoms with Crippen LogP contribution in [0.3, 0.4) is 0 Å². The Morgan fingerprint density at radius 1 is 0.438 bits per heavy atom. The molecule has 80 heavy (non-hydrogen) atoms. The minimum absolute atomic E-state index is 0.292. The fraction of sp³-hybridized carbons (Fsp3) is 0.477. The number of aryl methyl sites for hydroxylation is 2. The van der Waals surface area contributed by atoms with Gasteiger partial charge in [0.2, 0.25) is 0 Å². The second-order valence-electron chi connectivity index (χ2n) is 22.0. The lowest BCUT2D eigenvalue weighted by Crippen LogP contribution is -2.22. The number of benzene rings is 3. The van der Waals surface area contributed by atoms with E-state index in [1.54, 1.807) is 21.3 Å².